The van der Waals surface area contributed by atoms with E-state index in [-0.39, 0.29) is 12.1 Å². The molecule has 2 amide bonds. The summed E-state index contributed by atoms with van der Waals surface area (Å²) in [4.78, 5) is 25.8. The van der Waals surface area contributed by atoms with Crippen molar-refractivity contribution in [3.8, 4) is 0 Å². The molecule has 0 spiro atoms. The van der Waals surface area contributed by atoms with Gasteiger partial charge in [-0.1, -0.05) is 6.07 Å². The van der Waals surface area contributed by atoms with Crippen molar-refractivity contribution >= 4 is 35.1 Å². The normalized spacial score (nSPS) is 13.6. The number of urea groups is 1. The molecular formula is C13H20N2O3S2. The predicted octanol–water partition coefficient (Wildman–Crippen LogP) is 2.66. The van der Waals surface area contributed by atoms with Crippen molar-refractivity contribution < 1.29 is 14.7 Å². The van der Waals surface area contributed by atoms with Crippen molar-refractivity contribution in [2.24, 2.45) is 0 Å². The second-order valence-electron chi connectivity index (χ2n) is 4.42. The minimum absolute atomic E-state index is 0.0787. The fourth-order valence-corrected chi connectivity index (χ4v) is 2.94. The second kappa shape index (κ2) is 8.16. The highest BCUT2D eigenvalue weighted by atomic mass is 32.2. The molecule has 5 nitrogen and oxygen atoms in total. The van der Waals surface area contributed by atoms with E-state index < -0.39 is 12.0 Å². The Labute approximate surface area is 127 Å². The van der Waals surface area contributed by atoms with Crippen LogP contribution in [-0.2, 0) is 4.79 Å². The van der Waals surface area contributed by atoms with E-state index in [4.69, 9.17) is 5.11 Å². The molecule has 1 rings (SSSR count). The number of hydrogen-bond acceptors (Lipinski definition) is 4. The molecule has 2 atom stereocenters. The third-order valence-electron chi connectivity index (χ3n) is 3.06. The number of carbonyl (C=O) groups is 2. The van der Waals surface area contributed by atoms with E-state index in [0.29, 0.717) is 12.2 Å². The lowest BCUT2D eigenvalue weighted by Crippen LogP contribution is -2.47. The fourth-order valence-electron chi connectivity index (χ4n) is 1.64. The summed E-state index contributed by atoms with van der Waals surface area (Å²) in [6.45, 7) is 1.92. The van der Waals surface area contributed by atoms with Crippen molar-refractivity contribution in [1.82, 2.24) is 10.2 Å². The van der Waals surface area contributed by atoms with E-state index >= 15 is 0 Å². The molecule has 1 heterocycles. The Kier molecular flexibility index (Phi) is 6.87. The number of aliphatic carboxylic acids is 1. The van der Waals surface area contributed by atoms with E-state index in [9.17, 15) is 9.59 Å². The monoisotopic (exact) mass is 316 g/mol. The van der Waals surface area contributed by atoms with Gasteiger partial charge in [0.2, 0.25) is 0 Å². The standard InChI is InChI=1S/C13H20N2O3S2/c1-9(11-5-4-7-20-11)15(2)13(18)14-10(12(16)17)6-8-19-3/h4-5,7,9-10H,6,8H2,1-3H3,(H,14,18)(H,16,17). The summed E-state index contributed by atoms with van der Waals surface area (Å²) in [5.41, 5.74) is 0. The van der Waals surface area contributed by atoms with Crippen LogP contribution in [0.4, 0.5) is 4.79 Å². The third kappa shape index (κ3) is 4.72. The summed E-state index contributed by atoms with van der Waals surface area (Å²) in [5.74, 6) is -0.300. The molecule has 1 aromatic heterocycles. The lowest BCUT2D eigenvalue weighted by molar-refractivity contribution is -0.139. The summed E-state index contributed by atoms with van der Waals surface area (Å²) >= 11 is 3.14. The maximum Gasteiger partial charge on any atom is 0.326 e. The van der Waals surface area contributed by atoms with Gasteiger partial charge in [-0.3, -0.25) is 0 Å². The topological polar surface area (TPSA) is 69.6 Å². The summed E-state index contributed by atoms with van der Waals surface area (Å²) in [6, 6.07) is 2.61. The van der Waals surface area contributed by atoms with Crippen LogP contribution in [0.1, 0.15) is 24.3 Å². The maximum atomic E-state index is 12.1. The zero-order chi connectivity index (χ0) is 15.1. The van der Waals surface area contributed by atoms with Crippen LogP contribution in [0.15, 0.2) is 17.5 Å². The summed E-state index contributed by atoms with van der Waals surface area (Å²) in [7, 11) is 1.67. The van der Waals surface area contributed by atoms with Gasteiger partial charge in [0, 0.05) is 11.9 Å². The van der Waals surface area contributed by atoms with Crippen molar-refractivity contribution in [2.75, 3.05) is 19.1 Å². The van der Waals surface area contributed by atoms with E-state index in [0.717, 1.165) is 4.88 Å². The molecule has 112 valence electrons. The van der Waals surface area contributed by atoms with Gasteiger partial charge >= 0.3 is 12.0 Å². The van der Waals surface area contributed by atoms with Crippen LogP contribution in [0.3, 0.4) is 0 Å². The van der Waals surface area contributed by atoms with Gasteiger partial charge in [0.15, 0.2) is 0 Å². The Morgan fingerprint density at radius 1 is 1.55 bits per heavy atom. The minimum atomic E-state index is -0.996. The average molecular weight is 316 g/mol. The Morgan fingerprint density at radius 2 is 2.25 bits per heavy atom. The summed E-state index contributed by atoms with van der Waals surface area (Å²) < 4.78 is 0. The second-order valence-corrected chi connectivity index (χ2v) is 6.39. The first-order chi connectivity index (χ1) is 9.47. The number of thioether (sulfide) groups is 1. The number of nitrogens with one attached hydrogen (secondary N) is 1. The number of carboxylic acid groups (broad SMARTS) is 1. The van der Waals surface area contributed by atoms with Crippen LogP contribution in [0.25, 0.3) is 0 Å². The molecule has 2 N–H and O–H groups in total. The number of hydrogen-bond donors (Lipinski definition) is 2. The Balaban J connectivity index is 2.61. The van der Waals surface area contributed by atoms with Gasteiger partial charge in [-0.15, -0.1) is 11.3 Å². The molecule has 0 fully saturated rings. The van der Waals surface area contributed by atoms with Gasteiger partial charge in [-0.2, -0.15) is 11.8 Å². The molecule has 0 aliphatic carbocycles. The fraction of sp³-hybridized carbons (Fsp3) is 0.538. The van der Waals surface area contributed by atoms with Crippen LogP contribution in [-0.4, -0.2) is 47.1 Å². The van der Waals surface area contributed by atoms with Crippen LogP contribution in [0.5, 0.6) is 0 Å². The van der Waals surface area contributed by atoms with E-state index in [1.165, 1.54) is 4.90 Å². The number of thiophene rings is 1. The number of nitrogens with zero attached hydrogens (tertiary/aromatic N) is 1. The van der Waals surface area contributed by atoms with Gasteiger partial charge < -0.3 is 15.3 Å². The molecule has 0 aromatic carbocycles. The summed E-state index contributed by atoms with van der Waals surface area (Å²) in [6.07, 6.45) is 2.33. The third-order valence-corrected chi connectivity index (χ3v) is 4.75. The highest BCUT2D eigenvalue weighted by Crippen LogP contribution is 2.23. The minimum Gasteiger partial charge on any atom is -0.480 e. The largest absolute Gasteiger partial charge is 0.480 e. The van der Waals surface area contributed by atoms with E-state index in [1.54, 1.807) is 30.1 Å². The Morgan fingerprint density at radius 3 is 2.75 bits per heavy atom. The van der Waals surface area contributed by atoms with Gasteiger partial charge in [0.05, 0.1) is 6.04 Å². The number of rotatable bonds is 7. The molecule has 0 aliphatic rings. The number of carboxylic acids is 1. The molecule has 0 aliphatic heterocycles. The maximum absolute atomic E-state index is 12.1. The molecule has 7 heteroatoms. The van der Waals surface area contributed by atoms with Crippen LogP contribution < -0.4 is 5.32 Å². The van der Waals surface area contributed by atoms with Crippen LogP contribution in [0, 0.1) is 0 Å². The number of carbonyl (C=O) groups excluding carboxylic acids is 1. The molecule has 20 heavy (non-hydrogen) atoms. The van der Waals surface area contributed by atoms with E-state index in [2.05, 4.69) is 5.32 Å². The quantitative estimate of drug-likeness (QED) is 0.811. The molecular weight excluding hydrogens is 296 g/mol. The smallest absolute Gasteiger partial charge is 0.326 e. The Hall–Kier alpha value is -1.21. The first-order valence-corrected chi connectivity index (χ1v) is 8.53. The molecule has 0 radical (unpaired) electrons. The van der Waals surface area contributed by atoms with Crippen LogP contribution in [0.2, 0.25) is 0 Å². The van der Waals surface area contributed by atoms with Crippen molar-refractivity contribution in [3.63, 3.8) is 0 Å². The molecule has 1 aromatic rings. The van der Waals surface area contributed by atoms with Crippen molar-refractivity contribution in [3.05, 3.63) is 22.4 Å². The van der Waals surface area contributed by atoms with Gasteiger partial charge in [0.1, 0.15) is 6.04 Å². The first kappa shape index (κ1) is 16.8. The molecule has 0 bridgehead atoms. The molecule has 0 saturated heterocycles. The Bertz CT molecular complexity index is 437. The van der Waals surface area contributed by atoms with Crippen molar-refractivity contribution in [1.29, 1.82) is 0 Å². The van der Waals surface area contributed by atoms with Crippen molar-refractivity contribution in [2.45, 2.75) is 25.4 Å². The van der Waals surface area contributed by atoms with Gasteiger partial charge in [-0.05, 0) is 36.8 Å². The zero-order valence-electron chi connectivity index (χ0n) is 11.8. The lowest BCUT2D eigenvalue weighted by Gasteiger charge is -2.26. The zero-order valence-corrected chi connectivity index (χ0v) is 13.5. The molecule has 0 saturated carbocycles. The summed E-state index contributed by atoms with van der Waals surface area (Å²) in [5, 5.41) is 13.6. The van der Waals surface area contributed by atoms with Gasteiger partial charge in [0.25, 0.3) is 0 Å². The highest BCUT2D eigenvalue weighted by Gasteiger charge is 2.24. The number of amides is 2. The molecule has 2 unspecified atom stereocenters. The first-order valence-electron chi connectivity index (χ1n) is 6.25. The highest BCUT2D eigenvalue weighted by molar-refractivity contribution is 7.98. The van der Waals surface area contributed by atoms with Gasteiger partial charge in [-0.25, -0.2) is 9.59 Å². The lowest BCUT2D eigenvalue weighted by atomic mass is 10.2. The SMILES string of the molecule is CSCCC(NC(=O)N(C)C(C)c1cccs1)C(=O)O. The predicted molar refractivity (Wildman–Crippen MR) is 83.5 cm³/mol. The van der Waals surface area contributed by atoms with Crippen LogP contribution >= 0.6 is 23.1 Å². The van der Waals surface area contributed by atoms with E-state index in [1.807, 2.05) is 30.7 Å². The average Bonchev–Trinajstić information content (AvgIpc) is 2.95.